The summed E-state index contributed by atoms with van der Waals surface area (Å²) < 4.78 is 2.10. The topological polar surface area (TPSA) is 43.6 Å². The Morgan fingerprint density at radius 2 is 2.28 bits per heavy atom. The first-order valence-electron chi connectivity index (χ1n) is 6.24. The molecule has 0 spiro atoms. The second kappa shape index (κ2) is 6.54. The Morgan fingerprint density at radius 1 is 1.39 bits per heavy atom. The molecule has 1 atom stereocenters. The van der Waals surface area contributed by atoms with Gasteiger partial charge in [0.05, 0.1) is 0 Å². The van der Waals surface area contributed by atoms with Gasteiger partial charge in [-0.05, 0) is 18.6 Å². The second-order valence-electron chi connectivity index (χ2n) is 4.21. The third-order valence-corrected chi connectivity index (χ3v) is 4.06. The fraction of sp³-hybridized carbons (Fsp3) is 0.462. The highest BCUT2D eigenvalue weighted by Crippen LogP contribution is 2.22. The van der Waals surface area contributed by atoms with Crippen molar-refractivity contribution in [2.24, 2.45) is 0 Å². The number of pyridine rings is 1. The molecule has 0 bridgehead atoms. The van der Waals surface area contributed by atoms with E-state index in [-0.39, 0.29) is 0 Å². The van der Waals surface area contributed by atoms with Crippen LogP contribution in [0.3, 0.4) is 0 Å². The van der Waals surface area contributed by atoms with Crippen molar-refractivity contribution in [2.75, 3.05) is 0 Å². The quantitative estimate of drug-likeness (QED) is 0.751. The zero-order valence-electron chi connectivity index (χ0n) is 10.8. The van der Waals surface area contributed by atoms with Crippen molar-refractivity contribution in [3.63, 3.8) is 0 Å². The molecule has 96 valence electrons. The Bertz CT molecular complexity index is 469. The van der Waals surface area contributed by atoms with Crippen LogP contribution in [-0.4, -0.2) is 25.0 Å². The van der Waals surface area contributed by atoms with Crippen molar-refractivity contribution < 1.29 is 0 Å². The van der Waals surface area contributed by atoms with Gasteiger partial charge in [0.2, 0.25) is 0 Å². The van der Waals surface area contributed by atoms with E-state index in [0.29, 0.717) is 5.25 Å². The summed E-state index contributed by atoms with van der Waals surface area (Å²) in [4.78, 5) is 4.32. The standard InChI is InChI=1S/C13H18N4S/c1-3-11(2)18-13-16-15-10-17(13)9-7-12-6-4-5-8-14-12/h4-6,8,10-11H,3,7,9H2,1-2H3. The van der Waals surface area contributed by atoms with Crippen LogP contribution in [0.2, 0.25) is 0 Å². The van der Waals surface area contributed by atoms with Crippen molar-refractivity contribution in [3.05, 3.63) is 36.4 Å². The summed E-state index contributed by atoms with van der Waals surface area (Å²) in [6.07, 6.45) is 5.68. The van der Waals surface area contributed by atoms with Crippen molar-refractivity contribution in [2.45, 2.75) is 43.6 Å². The van der Waals surface area contributed by atoms with Gasteiger partial charge in [-0.15, -0.1) is 10.2 Å². The van der Waals surface area contributed by atoms with E-state index in [0.717, 1.165) is 30.2 Å². The van der Waals surface area contributed by atoms with Gasteiger partial charge in [0, 0.05) is 30.1 Å². The van der Waals surface area contributed by atoms with Gasteiger partial charge in [0.15, 0.2) is 5.16 Å². The van der Waals surface area contributed by atoms with Crippen LogP contribution in [0.1, 0.15) is 26.0 Å². The molecule has 2 aromatic rings. The van der Waals surface area contributed by atoms with Gasteiger partial charge < -0.3 is 4.57 Å². The number of rotatable bonds is 6. The van der Waals surface area contributed by atoms with Crippen LogP contribution in [0, 0.1) is 0 Å². The highest BCUT2D eigenvalue weighted by atomic mass is 32.2. The average Bonchev–Trinajstić information content (AvgIpc) is 2.84. The Kier molecular flexibility index (Phi) is 4.75. The molecule has 0 N–H and O–H groups in total. The maximum absolute atomic E-state index is 4.32. The highest BCUT2D eigenvalue weighted by molar-refractivity contribution is 7.99. The number of hydrogen-bond acceptors (Lipinski definition) is 4. The zero-order valence-corrected chi connectivity index (χ0v) is 11.6. The predicted octanol–water partition coefficient (Wildman–Crippen LogP) is 2.81. The van der Waals surface area contributed by atoms with Gasteiger partial charge >= 0.3 is 0 Å². The van der Waals surface area contributed by atoms with E-state index in [1.165, 1.54) is 0 Å². The third-order valence-electron chi connectivity index (χ3n) is 2.80. The molecule has 0 saturated carbocycles. The van der Waals surface area contributed by atoms with Crippen molar-refractivity contribution >= 4 is 11.8 Å². The molecular formula is C13H18N4S. The molecule has 4 nitrogen and oxygen atoms in total. The minimum absolute atomic E-state index is 0.572. The van der Waals surface area contributed by atoms with Gasteiger partial charge in [0.1, 0.15) is 6.33 Å². The highest BCUT2D eigenvalue weighted by Gasteiger charge is 2.09. The van der Waals surface area contributed by atoms with Gasteiger partial charge in [-0.3, -0.25) is 4.98 Å². The summed E-state index contributed by atoms with van der Waals surface area (Å²) in [6, 6.07) is 6.00. The van der Waals surface area contributed by atoms with Crippen LogP contribution in [-0.2, 0) is 13.0 Å². The molecule has 0 aliphatic rings. The van der Waals surface area contributed by atoms with Gasteiger partial charge in [-0.25, -0.2) is 0 Å². The van der Waals surface area contributed by atoms with E-state index >= 15 is 0 Å². The molecule has 0 aliphatic heterocycles. The lowest BCUT2D eigenvalue weighted by Gasteiger charge is -2.09. The van der Waals surface area contributed by atoms with Crippen LogP contribution >= 0.6 is 11.8 Å². The number of hydrogen-bond donors (Lipinski definition) is 0. The summed E-state index contributed by atoms with van der Waals surface area (Å²) >= 11 is 1.78. The molecule has 18 heavy (non-hydrogen) atoms. The van der Waals surface area contributed by atoms with Crippen LogP contribution in [0.15, 0.2) is 35.9 Å². The molecule has 0 fully saturated rings. The smallest absolute Gasteiger partial charge is 0.191 e. The number of aryl methyl sites for hydroxylation is 2. The molecule has 1 unspecified atom stereocenters. The molecule has 2 rings (SSSR count). The second-order valence-corrected chi connectivity index (χ2v) is 5.62. The molecule has 5 heteroatoms. The maximum atomic E-state index is 4.32. The Labute approximate surface area is 112 Å². The van der Waals surface area contributed by atoms with E-state index in [9.17, 15) is 0 Å². The van der Waals surface area contributed by atoms with Crippen molar-refractivity contribution in [1.82, 2.24) is 19.7 Å². The van der Waals surface area contributed by atoms with Crippen molar-refractivity contribution in [3.8, 4) is 0 Å². The Morgan fingerprint density at radius 3 is 3.00 bits per heavy atom. The summed E-state index contributed by atoms with van der Waals surface area (Å²) in [5.41, 5.74) is 1.10. The van der Waals surface area contributed by atoms with Gasteiger partial charge in [0.25, 0.3) is 0 Å². The fourth-order valence-electron chi connectivity index (χ4n) is 1.53. The van der Waals surface area contributed by atoms with E-state index < -0.39 is 0 Å². The van der Waals surface area contributed by atoms with Gasteiger partial charge in [-0.2, -0.15) is 0 Å². The van der Waals surface area contributed by atoms with Crippen LogP contribution in [0.4, 0.5) is 0 Å². The molecule has 0 saturated heterocycles. The molecule has 0 radical (unpaired) electrons. The first kappa shape index (κ1) is 13.1. The van der Waals surface area contributed by atoms with Gasteiger partial charge in [-0.1, -0.05) is 31.7 Å². The van der Waals surface area contributed by atoms with E-state index in [4.69, 9.17) is 0 Å². The Hall–Kier alpha value is -1.36. The van der Waals surface area contributed by atoms with E-state index in [2.05, 4.69) is 33.6 Å². The zero-order chi connectivity index (χ0) is 12.8. The first-order valence-corrected chi connectivity index (χ1v) is 7.12. The normalized spacial score (nSPS) is 12.6. The molecule has 0 amide bonds. The lowest BCUT2D eigenvalue weighted by Crippen LogP contribution is -2.05. The van der Waals surface area contributed by atoms with Crippen molar-refractivity contribution in [1.29, 1.82) is 0 Å². The van der Waals surface area contributed by atoms with Crippen LogP contribution in [0.25, 0.3) is 0 Å². The van der Waals surface area contributed by atoms with E-state index in [1.807, 2.05) is 24.4 Å². The summed E-state index contributed by atoms with van der Waals surface area (Å²) in [5.74, 6) is 0. The van der Waals surface area contributed by atoms with Crippen LogP contribution < -0.4 is 0 Å². The molecule has 2 heterocycles. The number of aromatic nitrogens is 4. The van der Waals surface area contributed by atoms with Crippen LogP contribution in [0.5, 0.6) is 0 Å². The SMILES string of the molecule is CCC(C)Sc1nncn1CCc1ccccn1. The summed E-state index contributed by atoms with van der Waals surface area (Å²) in [5, 5.41) is 9.74. The predicted molar refractivity (Wildman–Crippen MR) is 73.6 cm³/mol. The third kappa shape index (κ3) is 3.57. The maximum Gasteiger partial charge on any atom is 0.191 e. The summed E-state index contributed by atoms with van der Waals surface area (Å²) in [6.45, 7) is 5.28. The monoisotopic (exact) mass is 262 g/mol. The average molecular weight is 262 g/mol. The lowest BCUT2D eigenvalue weighted by molar-refractivity contribution is 0.625. The minimum Gasteiger partial charge on any atom is -0.308 e. The molecule has 0 aliphatic carbocycles. The molecule has 2 aromatic heterocycles. The minimum atomic E-state index is 0.572. The lowest BCUT2D eigenvalue weighted by atomic mass is 10.3. The largest absolute Gasteiger partial charge is 0.308 e. The number of thioether (sulfide) groups is 1. The fourth-order valence-corrected chi connectivity index (χ4v) is 2.43. The first-order chi connectivity index (χ1) is 8.79. The Balaban J connectivity index is 1.95. The number of nitrogens with zero attached hydrogens (tertiary/aromatic N) is 4. The van der Waals surface area contributed by atoms with E-state index in [1.54, 1.807) is 18.1 Å². The summed E-state index contributed by atoms with van der Waals surface area (Å²) in [7, 11) is 0. The molecule has 0 aromatic carbocycles. The molecular weight excluding hydrogens is 244 g/mol.